The summed E-state index contributed by atoms with van der Waals surface area (Å²) in [7, 11) is 0. The van der Waals surface area contributed by atoms with Gasteiger partial charge in [0.2, 0.25) is 0 Å². The predicted octanol–water partition coefficient (Wildman–Crippen LogP) is 1.01. The van der Waals surface area contributed by atoms with Gasteiger partial charge in [0.05, 0.1) is 6.61 Å². The first-order valence-electron chi connectivity index (χ1n) is 9.16. The maximum Gasteiger partial charge on any atom is 0.338 e. The van der Waals surface area contributed by atoms with Crippen molar-refractivity contribution in [3.8, 4) is 0 Å². The molecule has 5 fully saturated rings. The van der Waals surface area contributed by atoms with Crippen molar-refractivity contribution >= 4 is 5.97 Å². The van der Waals surface area contributed by atoms with Crippen molar-refractivity contribution < 1.29 is 33.6 Å². The fourth-order valence-electron chi connectivity index (χ4n) is 4.91. The van der Waals surface area contributed by atoms with Crippen LogP contribution in [-0.2, 0) is 28.5 Å². The molecule has 5 atom stereocenters. The molecule has 7 nitrogen and oxygen atoms in total. The number of aliphatic hydroxyl groups is 1. The Bertz CT molecular complexity index is 523. The molecule has 2 saturated carbocycles. The molecule has 5 aliphatic rings. The SMILES string of the molecule is O=C1O[C@@H]2[C@@H](OC3(CCCC3)O[C@@H]2[C@H]2COC3(CCCC3)O2)[C@H]1O. The Labute approximate surface area is 140 Å². The van der Waals surface area contributed by atoms with Crippen molar-refractivity contribution in [3.05, 3.63) is 0 Å². The van der Waals surface area contributed by atoms with E-state index in [1.165, 1.54) is 0 Å². The van der Waals surface area contributed by atoms with Crippen molar-refractivity contribution in [2.45, 2.75) is 93.5 Å². The molecule has 134 valence electrons. The molecule has 2 spiro atoms. The minimum absolute atomic E-state index is 0.296. The van der Waals surface area contributed by atoms with Crippen molar-refractivity contribution in [2.75, 3.05) is 6.61 Å². The van der Waals surface area contributed by atoms with Crippen LogP contribution in [0.3, 0.4) is 0 Å². The molecule has 2 aliphatic carbocycles. The van der Waals surface area contributed by atoms with Crippen LogP contribution in [0.15, 0.2) is 0 Å². The zero-order valence-corrected chi connectivity index (χ0v) is 13.6. The van der Waals surface area contributed by atoms with Crippen LogP contribution < -0.4 is 0 Å². The van der Waals surface area contributed by atoms with Crippen LogP contribution in [0.1, 0.15) is 51.4 Å². The second-order valence-corrected chi connectivity index (χ2v) is 7.71. The Kier molecular flexibility index (Phi) is 3.48. The lowest BCUT2D eigenvalue weighted by atomic mass is 9.98. The molecule has 0 aromatic carbocycles. The number of fused-ring (bicyclic) bond motifs is 1. The van der Waals surface area contributed by atoms with Gasteiger partial charge in [-0.1, -0.05) is 0 Å². The monoisotopic (exact) mass is 340 g/mol. The Morgan fingerprint density at radius 2 is 1.46 bits per heavy atom. The number of esters is 1. The second-order valence-electron chi connectivity index (χ2n) is 7.71. The molecule has 0 amide bonds. The average Bonchev–Trinajstić information content (AvgIpc) is 3.34. The molecule has 5 rings (SSSR count). The van der Waals surface area contributed by atoms with Gasteiger partial charge in [-0.3, -0.25) is 0 Å². The van der Waals surface area contributed by atoms with E-state index < -0.39 is 42.0 Å². The molecule has 3 heterocycles. The van der Waals surface area contributed by atoms with Gasteiger partial charge in [-0.2, -0.15) is 0 Å². The quantitative estimate of drug-likeness (QED) is 0.713. The summed E-state index contributed by atoms with van der Waals surface area (Å²) in [6.45, 7) is 0.428. The van der Waals surface area contributed by atoms with E-state index in [-0.39, 0.29) is 6.10 Å². The molecule has 24 heavy (non-hydrogen) atoms. The van der Waals surface area contributed by atoms with E-state index in [9.17, 15) is 9.90 Å². The Morgan fingerprint density at radius 3 is 2.17 bits per heavy atom. The van der Waals surface area contributed by atoms with E-state index in [1.807, 2.05) is 0 Å². The van der Waals surface area contributed by atoms with Crippen LogP contribution >= 0.6 is 0 Å². The van der Waals surface area contributed by atoms with Crippen LogP contribution in [-0.4, -0.2) is 59.8 Å². The summed E-state index contributed by atoms with van der Waals surface area (Å²) >= 11 is 0. The molecular weight excluding hydrogens is 316 g/mol. The van der Waals surface area contributed by atoms with E-state index in [4.69, 9.17) is 23.7 Å². The summed E-state index contributed by atoms with van der Waals surface area (Å²) in [6.07, 6.45) is 4.25. The normalized spacial score (nSPS) is 45.9. The molecule has 0 unspecified atom stereocenters. The third-order valence-corrected chi connectivity index (χ3v) is 6.13. The Hall–Kier alpha value is -0.730. The van der Waals surface area contributed by atoms with Gasteiger partial charge < -0.3 is 28.8 Å². The van der Waals surface area contributed by atoms with Crippen LogP contribution in [0.25, 0.3) is 0 Å². The van der Waals surface area contributed by atoms with Crippen LogP contribution in [0.4, 0.5) is 0 Å². The Morgan fingerprint density at radius 1 is 0.833 bits per heavy atom. The number of ether oxygens (including phenoxy) is 5. The van der Waals surface area contributed by atoms with E-state index >= 15 is 0 Å². The fraction of sp³-hybridized carbons (Fsp3) is 0.941. The maximum atomic E-state index is 11.9. The second kappa shape index (κ2) is 5.38. The van der Waals surface area contributed by atoms with E-state index in [0.29, 0.717) is 6.61 Å². The van der Waals surface area contributed by atoms with E-state index in [1.54, 1.807) is 0 Å². The highest BCUT2D eigenvalue weighted by Crippen LogP contribution is 2.47. The summed E-state index contributed by atoms with van der Waals surface area (Å²) < 4.78 is 30.0. The van der Waals surface area contributed by atoms with Gasteiger partial charge in [0, 0.05) is 25.7 Å². The van der Waals surface area contributed by atoms with Crippen molar-refractivity contribution in [1.29, 1.82) is 0 Å². The van der Waals surface area contributed by atoms with Crippen molar-refractivity contribution in [2.24, 2.45) is 0 Å². The lowest BCUT2D eigenvalue weighted by Gasteiger charge is -2.45. The van der Waals surface area contributed by atoms with Crippen molar-refractivity contribution in [1.82, 2.24) is 0 Å². The zero-order chi connectivity index (χ0) is 16.4. The fourth-order valence-corrected chi connectivity index (χ4v) is 4.91. The van der Waals surface area contributed by atoms with Crippen molar-refractivity contribution in [3.63, 3.8) is 0 Å². The summed E-state index contributed by atoms with van der Waals surface area (Å²) in [6, 6.07) is 0. The molecule has 3 aliphatic heterocycles. The number of carbonyl (C=O) groups is 1. The van der Waals surface area contributed by atoms with Crippen LogP contribution in [0.2, 0.25) is 0 Å². The highest BCUT2D eigenvalue weighted by Gasteiger charge is 2.62. The first-order chi connectivity index (χ1) is 11.6. The van der Waals surface area contributed by atoms with Crippen LogP contribution in [0, 0.1) is 0 Å². The molecule has 1 N–H and O–H groups in total. The van der Waals surface area contributed by atoms with Gasteiger partial charge in [0.25, 0.3) is 0 Å². The lowest BCUT2D eigenvalue weighted by molar-refractivity contribution is -0.354. The number of hydrogen-bond acceptors (Lipinski definition) is 7. The third kappa shape index (κ3) is 2.25. The minimum atomic E-state index is -1.25. The smallest absolute Gasteiger partial charge is 0.338 e. The van der Waals surface area contributed by atoms with E-state index in [2.05, 4.69) is 0 Å². The number of aliphatic hydroxyl groups excluding tert-OH is 1. The predicted molar refractivity (Wildman–Crippen MR) is 78.9 cm³/mol. The first-order valence-corrected chi connectivity index (χ1v) is 9.16. The zero-order valence-electron chi connectivity index (χ0n) is 13.6. The number of carbonyl (C=O) groups excluding carboxylic acids is 1. The van der Waals surface area contributed by atoms with Gasteiger partial charge in [-0.05, 0) is 25.7 Å². The lowest BCUT2D eigenvalue weighted by Crippen LogP contribution is -2.60. The highest BCUT2D eigenvalue weighted by molar-refractivity contribution is 5.78. The largest absolute Gasteiger partial charge is 0.455 e. The molecule has 0 bridgehead atoms. The summed E-state index contributed by atoms with van der Waals surface area (Å²) in [5.74, 6) is -1.86. The van der Waals surface area contributed by atoms with Gasteiger partial charge in [0.15, 0.2) is 23.8 Å². The molecule has 3 saturated heterocycles. The van der Waals surface area contributed by atoms with Gasteiger partial charge in [-0.15, -0.1) is 0 Å². The molecule has 0 radical (unpaired) electrons. The maximum absolute atomic E-state index is 11.9. The molecule has 0 aromatic rings. The minimum Gasteiger partial charge on any atom is -0.455 e. The highest BCUT2D eigenvalue weighted by atomic mass is 16.8. The topological polar surface area (TPSA) is 83.5 Å². The number of hydrogen-bond donors (Lipinski definition) is 1. The summed E-state index contributed by atoms with van der Waals surface area (Å²) in [4.78, 5) is 11.9. The number of rotatable bonds is 1. The van der Waals surface area contributed by atoms with Gasteiger partial charge in [-0.25, -0.2) is 4.79 Å². The molecule has 7 heteroatoms. The molecular formula is C17H24O7. The van der Waals surface area contributed by atoms with Gasteiger partial charge >= 0.3 is 5.97 Å². The standard InChI is InChI=1S/C17H24O7/c18-11-13-14(21-15(11)19)12(23-17(24-13)7-3-4-8-17)10-9-20-16(22-10)5-1-2-6-16/h10-14,18H,1-9H2/t10-,11-,12-,13+,14+/m1/s1. The summed E-state index contributed by atoms with van der Waals surface area (Å²) in [5.41, 5.74) is 0. The van der Waals surface area contributed by atoms with E-state index in [0.717, 1.165) is 51.4 Å². The third-order valence-electron chi connectivity index (χ3n) is 6.13. The van der Waals surface area contributed by atoms with Crippen LogP contribution in [0.5, 0.6) is 0 Å². The van der Waals surface area contributed by atoms with Gasteiger partial charge in [0.1, 0.15) is 18.3 Å². The summed E-state index contributed by atoms with van der Waals surface area (Å²) in [5, 5.41) is 10.2. The average molecular weight is 340 g/mol. The first kappa shape index (κ1) is 15.5. The Balaban J connectivity index is 1.41. The molecule has 0 aromatic heterocycles.